The quantitative estimate of drug-likeness (QED) is 0.768. The number of hydrogen-bond donors (Lipinski definition) is 1. The number of benzene rings is 2. The minimum atomic E-state index is -0.0586. The lowest BCUT2D eigenvalue weighted by atomic mass is 10.1. The van der Waals surface area contributed by atoms with Crippen molar-refractivity contribution in [2.24, 2.45) is 0 Å². The van der Waals surface area contributed by atoms with Crippen molar-refractivity contribution in [1.82, 2.24) is 9.55 Å². The largest absolute Gasteiger partial charge is 0.324 e. The number of anilines is 1. The minimum Gasteiger partial charge on any atom is -0.324 e. The van der Waals surface area contributed by atoms with Crippen LogP contribution in [0.4, 0.5) is 5.69 Å². The lowest BCUT2D eigenvalue weighted by Crippen LogP contribution is -2.19. The Hall–Kier alpha value is -2.14. The zero-order chi connectivity index (χ0) is 15.7. The van der Waals surface area contributed by atoms with Gasteiger partial charge in [-0.2, -0.15) is 0 Å². The maximum absolute atomic E-state index is 12.3. The molecule has 0 aliphatic carbocycles. The molecule has 0 bridgehead atoms. The monoisotopic (exact) mass is 357 g/mol. The molecular weight excluding hydrogens is 342 g/mol. The fourth-order valence-corrected chi connectivity index (χ4v) is 3.26. The van der Waals surface area contributed by atoms with E-state index in [9.17, 15) is 4.79 Å². The highest BCUT2D eigenvalue weighted by atomic mass is 79.9. The van der Waals surface area contributed by atoms with Crippen molar-refractivity contribution >= 4 is 38.6 Å². The van der Waals surface area contributed by atoms with Crippen LogP contribution in [0.3, 0.4) is 0 Å². The molecule has 5 heteroatoms. The Labute approximate surface area is 137 Å². The summed E-state index contributed by atoms with van der Waals surface area (Å²) in [5, 5.41) is 3.00. The van der Waals surface area contributed by atoms with Gasteiger partial charge in [-0.25, -0.2) is 4.98 Å². The van der Waals surface area contributed by atoms with Crippen molar-refractivity contribution in [2.75, 3.05) is 5.32 Å². The number of nitrogens with one attached hydrogen (secondary N) is 1. The summed E-state index contributed by atoms with van der Waals surface area (Å²) in [5.74, 6) is -0.0586. The van der Waals surface area contributed by atoms with Crippen LogP contribution in [0.25, 0.3) is 11.0 Å². The maximum Gasteiger partial charge on any atom is 0.244 e. The van der Waals surface area contributed by atoms with Crippen LogP contribution in [0.5, 0.6) is 0 Å². The summed E-state index contributed by atoms with van der Waals surface area (Å²) in [4.78, 5) is 16.6. The number of carbonyl (C=O) groups excluding carboxylic acids is 1. The van der Waals surface area contributed by atoms with Crippen LogP contribution in [0.1, 0.15) is 11.1 Å². The molecule has 0 saturated heterocycles. The van der Waals surface area contributed by atoms with Crippen LogP contribution >= 0.6 is 15.9 Å². The van der Waals surface area contributed by atoms with E-state index in [0.717, 1.165) is 32.3 Å². The van der Waals surface area contributed by atoms with Gasteiger partial charge in [0.05, 0.1) is 17.4 Å². The highest BCUT2D eigenvalue weighted by Gasteiger charge is 2.10. The van der Waals surface area contributed by atoms with E-state index in [2.05, 4.69) is 26.2 Å². The molecule has 2 aromatic carbocycles. The van der Waals surface area contributed by atoms with Gasteiger partial charge in [0.15, 0.2) is 0 Å². The Morgan fingerprint density at radius 2 is 1.91 bits per heavy atom. The molecule has 0 aliphatic heterocycles. The Bertz CT molecular complexity index is 831. The van der Waals surface area contributed by atoms with Gasteiger partial charge in [0.1, 0.15) is 6.54 Å². The SMILES string of the molecule is Cc1cc(Br)cc(C)c1NC(=O)Cn1cnc2ccccc21. The second kappa shape index (κ2) is 5.93. The number of aromatic nitrogens is 2. The molecule has 4 nitrogen and oxygen atoms in total. The van der Waals surface area contributed by atoms with E-state index < -0.39 is 0 Å². The summed E-state index contributed by atoms with van der Waals surface area (Å²) in [6.45, 7) is 4.22. The van der Waals surface area contributed by atoms with Crippen LogP contribution in [-0.4, -0.2) is 15.5 Å². The highest BCUT2D eigenvalue weighted by molar-refractivity contribution is 9.10. The number of halogens is 1. The third-order valence-corrected chi connectivity index (χ3v) is 4.06. The molecule has 0 aliphatic rings. The van der Waals surface area contributed by atoms with Crippen LogP contribution in [0.2, 0.25) is 0 Å². The smallest absolute Gasteiger partial charge is 0.244 e. The van der Waals surface area contributed by atoms with Gasteiger partial charge in [0, 0.05) is 10.2 Å². The summed E-state index contributed by atoms with van der Waals surface area (Å²) in [6.07, 6.45) is 1.70. The molecular formula is C17H16BrN3O. The number of amides is 1. The van der Waals surface area contributed by atoms with Gasteiger partial charge in [-0.05, 0) is 49.2 Å². The minimum absolute atomic E-state index is 0.0586. The predicted molar refractivity (Wildman–Crippen MR) is 92.0 cm³/mol. The summed E-state index contributed by atoms with van der Waals surface area (Å²) in [5.41, 5.74) is 4.80. The van der Waals surface area contributed by atoms with Gasteiger partial charge in [0.25, 0.3) is 0 Å². The average molecular weight is 358 g/mol. The maximum atomic E-state index is 12.3. The summed E-state index contributed by atoms with van der Waals surface area (Å²) in [6, 6.07) is 11.8. The summed E-state index contributed by atoms with van der Waals surface area (Å²) in [7, 11) is 0. The highest BCUT2D eigenvalue weighted by Crippen LogP contribution is 2.25. The third kappa shape index (κ3) is 2.90. The molecule has 1 N–H and O–H groups in total. The Balaban J connectivity index is 1.81. The van der Waals surface area contributed by atoms with Gasteiger partial charge in [-0.3, -0.25) is 4.79 Å². The van der Waals surface area contributed by atoms with Gasteiger partial charge < -0.3 is 9.88 Å². The van der Waals surface area contributed by atoms with Gasteiger partial charge in [-0.1, -0.05) is 28.1 Å². The first-order valence-electron chi connectivity index (χ1n) is 7.01. The Kier molecular flexibility index (Phi) is 3.98. The number of aryl methyl sites for hydroxylation is 2. The van der Waals surface area contributed by atoms with Crippen molar-refractivity contribution in [1.29, 1.82) is 0 Å². The summed E-state index contributed by atoms with van der Waals surface area (Å²) >= 11 is 3.46. The molecule has 3 aromatic rings. The number of fused-ring (bicyclic) bond motifs is 1. The molecule has 0 spiro atoms. The van der Waals surface area contributed by atoms with Crippen LogP contribution in [0, 0.1) is 13.8 Å². The first-order chi connectivity index (χ1) is 10.5. The van der Waals surface area contributed by atoms with E-state index in [-0.39, 0.29) is 12.5 Å². The van der Waals surface area contributed by atoms with Crippen LogP contribution in [0.15, 0.2) is 47.2 Å². The predicted octanol–water partition coefficient (Wildman–Crippen LogP) is 4.05. The molecule has 22 heavy (non-hydrogen) atoms. The lowest BCUT2D eigenvalue weighted by molar-refractivity contribution is -0.116. The molecule has 1 heterocycles. The average Bonchev–Trinajstić information content (AvgIpc) is 2.86. The van der Waals surface area contributed by atoms with Gasteiger partial charge >= 0.3 is 0 Å². The molecule has 0 unspecified atom stereocenters. The van der Waals surface area contributed by atoms with Crippen molar-refractivity contribution in [3.63, 3.8) is 0 Å². The Morgan fingerprint density at radius 1 is 1.23 bits per heavy atom. The van der Waals surface area contributed by atoms with Crippen molar-refractivity contribution in [3.8, 4) is 0 Å². The number of para-hydroxylation sites is 2. The second-order valence-electron chi connectivity index (χ2n) is 5.32. The zero-order valence-corrected chi connectivity index (χ0v) is 14.0. The number of nitrogens with zero attached hydrogens (tertiary/aromatic N) is 2. The molecule has 0 radical (unpaired) electrons. The number of carbonyl (C=O) groups is 1. The van der Waals surface area contributed by atoms with E-state index in [1.807, 2.05) is 54.8 Å². The molecule has 112 valence electrons. The fraction of sp³-hybridized carbons (Fsp3) is 0.176. The fourth-order valence-electron chi connectivity index (χ4n) is 2.58. The zero-order valence-electron chi connectivity index (χ0n) is 12.4. The van der Waals surface area contributed by atoms with Crippen molar-refractivity contribution in [3.05, 3.63) is 58.3 Å². The van der Waals surface area contributed by atoms with E-state index in [1.165, 1.54) is 0 Å². The van der Waals surface area contributed by atoms with E-state index in [1.54, 1.807) is 6.33 Å². The lowest BCUT2D eigenvalue weighted by Gasteiger charge is -2.13. The molecule has 0 saturated carbocycles. The normalized spacial score (nSPS) is 10.9. The first kappa shape index (κ1) is 14.8. The first-order valence-corrected chi connectivity index (χ1v) is 7.80. The van der Waals surface area contributed by atoms with E-state index in [0.29, 0.717) is 0 Å². The number of imidazole rings is 1. The van der Waals surface area contributed by atoms with Crippen molar-refractivity contribution in [2.45, 2.75) is 20.4 Å². The Morgan fingerprint density at radius 3 is 2.64 bits per heavy atom. The molecule has 0 atom stereocenters. The van der Waals surface area contributed by atoms with Gasteiger partial charge in [0.2, 0.25) is 5.91 Å². The van der Waals surface area contributed by atoms with E-state index >= 15 is 0 Å². The number of hydrogen-bond acceptors (Lipinski definition) is 2. The topological polar surface area (TPSA) is 46.9 Å². The van der Waals surface area contributed by atoms with Crippen LogP contribution < -0.4 is 5.32 Å². The molecule has 1 amide bonds. The molecule has 1 aromatic heterocycles. The number of rotatable bonds is 3. The molecule has 3 rings (SSSR count). The molecule has 0 fully saturated rings. The summed E-state index contributed by atoms with van der Waals surface area (Å²) < 4.78 is 2.87. The standard InChI is InChI=1S/C17H16BrN3O/c1-11-7-13(18)8-12(2)17(11)20-16(22)9-21-10-19-14-5-3-4-6-15(14)21/h3-8,10H,9H2,1-2H3,(H,20,22). The third-order valence-electron chi connectivity index (χ3n) is 3.60. The van der Waals surface area contributed by atoms with Crippen molar-refractivity contribution < 1.29 is 4.79 Å². The van der Waals surface area contributed by atoms with Gasteiger partial charge in [-0.15, -0.1) is 0 Å². The second-order valence-corrected chi connectivity index (χ2v) is 6.24. The van der Waals surface area contributed by atoms with Crippen LogP contribution in [-0.2, 0) is 11.3 Å². The van der Waals surface area contributed by atoms with E-state index in [4.69, 9.17) is 0 Å².